The Hall–Kier alpha value is -1.59. The van der Waals surface area contributed by atoms with Crippen LogP contribution in [-0.4, -0.2) is 70.3 Å². The van der Waals surface area contributed by atoms with Gasteiger partial charge in [0.25, 0.3) is 0 Å². The Morgan fingerprint density at radius 3 is 2.37 bits per heavy atom. The summed E-state index contributed by atoms with van der Waals surface area (Å²) in [5.74, 6) is 1.98. The Morgan fingerprint density at radius 1 is 1.26 bits per heavy atom. The minimum atomic E-state index is -0.487. The molecule has 0 unspecified atom stereocenters. The summed E-state index contributed by atoms with van der Waals surface area (Å²) < 4.78 is 10.6. The van der Waals surface area contributed by atoms with Crippen molar-refractivity contribution in [3.05, 3.63) is 11.7 Å². The molecule has 0 bridgehead atoms. The van der Waals surface area contributed by atoms with Crippen LogP contribution in [0.15, 0.2) is 9.52 Å². The van der Waals surface area contributed by atoms with Crippen molar-refractivity contribution in [2.75, 3.05) is 32.7 Å². The zero-order valence-corrected chi connectivity index (χ0v) is 19.1. The maximum atomic E-state index is 12.1. The zero-order valence-electron chi connectivity index (χ0n) is 16.8. The molecular weight excluding hydrogens is 463 g/mol. The number of carbonyl (C=O) groups is 1. The second-order valence-electron chi connectivity index (χ2n) is 7.65. The van der Waals surface area contributed by atoms with Crippen LogP contribution in [0.5, 0.6) is 0 Å². The third-order valence-corrected chi connectivity index (χ3v) is 3.86. The third-order valence-electron chi connectivity index (χ3n) is 3.86. The van der Waals surface area contributed by atoms with Crippen LogP contribution >= 0.6 is 24.0 Å². The van der Waals surface area contributed by atoms with Gasteiger partial charge in [-0.3, -0.25) is 4.99 Å². The van der Waals surface area contributed by atoms with Gasteiger partial charge in [-0.25, -0.2) is 4.79 Å². The minimum absolute atomic E-state index is 0. The SMILES string of the molecule is CC(C)c1noc(CCN=C(N)N2CCN(C(=O)OC(C)(C)C)CC2)n1.I. The van der Waals surface area contributed by atoms with E-state index in [1.54, 1.807) is 4.90 Å². The summed E-state index contributed by atoms with van der Waals surface area (Å²) in [6, 6.07) is 0. The third kappa shape index (κ3) is 7.51. The fourth-order valence-electron chi connectivity index (χ4n) is 2.41. The molecule has 10 heteroatoms. The number of rotatable bonds is 4. The van der Waals surface area contributed by atoms with Gasteiger partial charge in [-0.15, -0.1) is 24.0 Å². The predicted molar refractivity (Wildman–Crippen MR) is 113 cm³/mol. The van der Waals surface area contributed by atoms with Crippen LogP contribution in [-0.2, 0) is 11.2 Å². The van der Waals surface area contributed by atoms with Crippen LogP contribution in [0.2, 0.25) is 0 Å². The summed E-state index contributed by atoms with van der Waals surface area (Å²) >= 11 is 0. The molecule has 0 atom stereocenters. The fourth-order valence-corrected chi connectivity index (χ4v) is 2.41. The van der Waals surface area contributed by atoms with Crippen molar-refractivity contribution < 1.29 is 14.1 Å². The summed E-state index contributed by atoms with van der Waals surface area (Å²) in [5, 5.41) is 3.93. The van der Waals surface area contributed by atoms with E-state index in [1.807, 2.05) is 39.5 Å². The van der Waals surface area contributed by atoms with Crippen LogP contribution < -0.4 is 5.73 Å². The number of hydrogen-bond acceptors (Lipinski definition) is 6. The first-order chi connectivity index (χ1) is 12.2. The number of hydrogen-bond donors (Lipinski definition) is 1. The van der Waals surface area contributed by atoms with Crippen molar-refractivity contribution in [3.8, 4) is 0 Å². The first-order valence-electron chi connectivity index (χ1n) is 9.01. The molecule has 1 saturated heterocycles. The lowest BCUT2D eigenvalue weighted by molar-refractivity contribution is 0.0186. The molecule has 154 valence electrons. The molecule has 2 heterocycles. The molecule has 27 heavy (non-hydrogen) atoms. The summed E-state index contributed by atoms with van der Waals surface area (Å²) in [4.78, 5) is 24.4. The number of guanidine groups is 1. The van der Waals surface area contributed by atoms with Crippen LogP contribution in [0.3, 0.4) is 0 Å². The number of nitrogens with two attached hydrogens (primary N) is 1. The zero-order chi connectivity index (χ0) is 19.3. The van der Waals surface area contributed by atoms with E-state index in [2.05, 4.69) is 15.1 Å². The molecule has 1 amide bonds. The first kappa shape index (κ1) is 23.4. The molecule has 0 saturated carbocycles. The molecule has 2 N–H and O–H groups in total. The van der Waals surface area contributed by atoms with Gasteiger partial charge in [0.15, 0.2) is 11.8 Å². The standard InChI is InChI=1S/C17H30N6O3.HI/c1-12(2)14-20-13(26-21-14)6-7-19-15(18)22-8-10-23(11-9-22)16(24)25-17(3,4)5;/h12H,6-11H2,1-5H3,(H2,18,19);1H. The highest BCUT2D eigenvalue weighted by Gasteiger charge is 2.26. The molecule has 0 spiro atoms. The smallest absolute Gasteiger partial charge is 0.410 e. The van der Waals surface area contributed by atoms with Crippen molar-refractivity contribution in [2.45, 2.75) is 52.6 Å². The predicted octanol–water partition coefficient (Wildman–Crippen LogP) is 2.22. The highest BCUT2D eigenvalue weighted by molar-refractivity contribution is 14.0. The second kappa shape index (κ2) is 10.1. The molecule has 1 aromatic rings. The quantitative estimate of drug-likeness (QED) is 0.388. The maximum Gasteiger partial charge on any atom is 0.410 e. The molecule has 2 rings (SSSR count). The normalized spacial score (nSPS) is 15.7. The van der Waals surface area contributed by atoms with E-state index in [1.165, 1.54) is 0 Å². The largest absolute Gasteiger partial charge is 0.444 e. The Balaban J connectivity index is 0.00000364. The number of amides is 1. The topological polar surface area (TPSA) is 110 Å². The maximum absolute atomic E-state index is 12.1. The van der Waals surface area contributed by atoms with Crippen molar-refractivity contribution in [1.82, 2.24) is 19.9 Å². The van der Waals surface area contributed by atoms with Crippen molar-refractivity contribution >= 4 is 36.0 Å². The molecule has 0 aliphatic carbocycles. The summed E-state index contributed by atoms with van der Waals surface area (Å²) in [6.07, 6.45) is 0.267. The van der Waals surface area contributed by atoms with Gasteiger partial charge in [0.05, 0.1) is 6.54 Å². The lowest BCUT2D eigenvalue weighted by Crippen LogP contribution is -2.53. The molecule has 9 nitrogen and oxygen atoms in total. The van der Waals surface area contributed by atoms with E-state index in [4.69, 9.17) is 15.0 Å². The average molecular weight is 494 g/mol. The second-order valence-corrected chi connectivity index (χ2v) is 7.65. The average Bonchev–Trinajstić information content (AvgIpc) is 3.02. The Morgan fingerprint density at radius 2 is 1.85 bits per heavy atom. The molecule has 1 aliphatic heterocycles. The molecule has 0 aromatic carbocycles. The number of nitrogens with zero attached hydrogens (tertiary/aromatic N) is 5. The van der Waals surface area contributed by atoms with E-state index in [0.29, 0.717) is 56.8 Å². The van der Waals surface area contributed by atoms with E-state index < -0.39 is 5.60 Å². The minimum Gasteiger partial charge on any atom is -0.444 e. The van der Waals surface area contributed by atoms with Crippen LogP contribution in [0.25, 0.3) is 0 Å². The highest BCUT2D eigenvalue weighted by atomic mass is 127. The van der Waals surface area contributed by atoms with Crippen LogP contribution in [0.4, 0.5) is 4.79 Å². The van der Waals surface area contributed by atoms with Crippen LogP contribution in [0, 0.1) is 0 Å². The number of carbonyl (C=O) groups excluding carboxylic acids is 1. The molecule has 0 radical (unpaired) electrons. The number of ether oxygens (including phenoxy) is 1. The molecular formula is C17H31IN6O3. The molecule has 1 fully saturated rings. The Kier molecular flexibility index (Phi) is 8.76. The van der Waals surface area contributed by atoms with Gasteiger partial charge in [0.2, 0.25) is 5.89 Å². The van der Waals surface area contributed by atoms with Gasteiger partial charge in [0.1, 0.15) is 5.60 Å². The molecule has 1 aromatic heterocycles. The Bertz CT molecular complexity index is 633. The van der Waals surface area contributed by atoms with E-state index in [9.17, 15) is 4.79 Å². The monoisotopic (exact) mass is 494 g/mol. The van der Waals surface area contributed by atoms with Gasteiger partial charge < -0.3 is 24.8 Å². The van der Waals surface area contributed by atoms with E-state index in [0.717, 1.165) is 0 Å². The highest BCUT2D eigenvalue weighted by Crippen LogP contribution is 2.12. The number of aliphatic imine (C=N–C) groups is 1. The van der Waals surface area contributed by atoms with Gasteiger partial charge in [-0.05, 0) is 20.8 Å². The number of halogens is 1. The first-order valence-corrected chi connectivity index (χ1v) is 9.01. The van der Waals surface area contributed by atoms with Crippen molar-refractivity contribution in [3.63, 3.8) is 0 Å². The lowest BCUT2D eigenvalue weighted by atomic mass is 10.2. The van der Waals surface area contributed by atoms with E-state index >= 15 is 0 Å². The lowest BCUT2D eigenvalue weighted by Gasteiger charge is -2.36. The van der Waals surface area contributed by atoms with Gasteiger partial charge >= 0.3 is 6.09 Å². The van der Waals surface area contributed by atoms with Crippen LogP contribution in [0.1, 0.15) is 52.3 Å². The number of piperazine rings is 1. The summed E-state index contributed by atoms with van der Waals surface area (Å²) in [7, 11) is 0. The van der Waals surface area contributed by atoms with Gasteiger partial charge in [-0.1, -0.05) is 19.0 Å². The Labute approximate surface area is 177 Å². The summed E-state index contributed by atoms with van der Waals surface area (Å²) in [6.45, 7) is 12.5. The molecule has 1 aliphatic rings. The van der Waals surface area contributed by atoms with Gasteiger partial charge in [0, 0.05) is 38.5 Å². The fraction of sp³-hybridized carbons (Fsp3) is 0.765. The van der Waals surface area contributed by atoms with Gasteiger partial charge in [-0.2, -0.15) is 4.98 Å². The van der Waals surface area contributed by atoms with E-state index in [-0.39, 0.29) is 36.0 Å². The van der Waals surface area contributed by atoms with Crippen molar-refractivity contribution in [2.24, 2.45) is 10.7 Å². The summed E-state index contributed by atoms with van der Waals surface area (Å²) in [5.41, 5.74) is 5.58. The number of aromatic nitrogens is 2. The van der Waals surface area contributed by atoms with Crippen molar-refractivity contribution in [1.29, 1.82) is 0 Å².